The van der Waals surface area contributed by atoms with Crippen LogP contribution in [0.4, 0.5) is 5.69 Å². The summed E-state index contributed by atoms with van der Waals surface area (Å²) in [4.78, 5) is 2.08. The monoisotopic (exact) mass is 364 g/mol. The molecule has 0 bridgehead atoms. The zero-order valence-electron chi connectivity index (χ0n) is 13.6. The average Bonchev–Trinajstić information content (AvgIpc) is 3.24. The molecule has 0 radical (unpaired) electrons. The summed E-state index contributed by atoms with van der Waals surface area (Å²) in [5.74, 6) is 0.874. The first kappa shape index (κ1) is 17.3. The predicted molar refractivity (Wildman–Crippen MR) is 101 cm³/mol. The van der Waals surface area contributed by atoms with Gasteiger partial charge in [-0.25, -0.2) is 0 Å². The lowest BCUT2D eigenvalue weighted by atomic mass is 10.2. The van der Waals surface area contributed by atoms with E-state index in [0.29, 0.717) is 11.7 Å². The molecule has 1 aromatic heterocycles. The third kappa shape index (κ3) is 4.50. The van der Waals surface area contributed by atoms with Gasteiger partial charge in [0.1, 0.15) is 5.76 Å². The van der Waals surface area contributed by atoms with Crippen molar-refractivity contribution in [3.05, 3.63) is 52.9 Å². The van der Waals surface area contributed by atoms with Gasteiger partial charge in [0.2, 0.25) is 0 Å². The van der Waals surface area contributed by atoms with Gasteiger partial charge >= 0.3 is 0 Å². The Hall–Kier alpha value is -1.56. The number of nitrogens with one attached hydrogen (secondary N) is 1. The molecule has 1 fully saturated rings. The molecular formula is C18H21ClN2O2S. The summed E-state index contributed by atoms with van der Waals surface area (Å²) in [6, 6.07) is 9.68. The molecule has 1 saturated heterocycles. The van der Waals surface area contributed by atoms with Crippen LogP contribution in [-0.2, 0) is 11.3 Å². The quantitative estimate of drug-likeness (QED) is 0.783. The summed E-state index contributed by atoms with van der Waals surface area (Å²) in [6.45, 7) is 4.16. The molecule has 6 heteroatoms. The lowest BCUT2D eigenvalue weighted by molar-refractivity contribution is 0.0892. The zero-order chi connectivity index (χ0) is 16.9. The summed E-state index contributed by atoms with van der Waals surface area (Å²) in [7, 11) is 0. The molecule has 2 heterocycles. The van der Waals surface area contributed by atoms with Gasteiger partial charge in [0.15, 0.2) is 5.11 Å². The van der Waals surface area contributed by atoms with Crippen LogP contribution in [0.3, 0.4) is 0 Å². The van der Waals surface area contributed by atoms with E-state index in [0.717, 1.165) is 48.0 Å². The molecule has 1 unspecified atom stereocenters. The van der Waals surface area contributed by atoms with Crippen molar-refractivity contribution in [2.24, 2.45) is 0 Å². The molecule has 0 spiro atoms. The SMILES string of the molecule is Cc1ccc(NC(=S)N(Cc2ccco2)CC2CCCO2)cc1Cl. The number of ether oxygens (including phenoxy) is 1. The number of hydrogen-bond donors (Lipinski definition) is 1. The number of halogens is 1. The third-order valence-corrected chi connectivity index (χ3v) is 4.85. The number of rotatable bonds is 5. The van der Waals surface area contributed by atoms with Crippen molar-refractivity contribution in [1.82, 2.24) is 4.90 Å². The standard InChI is InChI=1S/C18H21ClN2O2S/c1-13-6-7-14(10-17(13)19)20-18(24)21(11-15-4-2-8-22-15)12-16-5-3-9-23-16/h2,4,6-8,10,16H,3,5,9,11-12H2,1H3,(H,20,24). The van der Waals surface area contributed by atoms with Gasteiger partial charge in [-0.3, -0.25) is 0 Å². The van der Waals surface area contributed by atoms with Gasteiger partial charge in [-0.15, -0.1) is 0 Å². The number of furan rings is 1. The van der Waals surface area contributed by atoms with Crippen LogP contribution in [0.15, 0.2) is 41.0 Å². The van der Waals surface area contributed by atoms with Gasteiger partial charge in [-0.05, 0) is 61.8 Å². The molecule has 1 N–H and O–H groups in total. The summed E-state index contributed by atoms with van der Waals surface area (Å²) < 4.78 is 11.2. The highest BCUT2D eigenvalue weighted by Crippen LogP contribution is 2.21. The molecule has 3 rings (SSSR count). The van der Waals surface area contributed by atoms with E-state index in [-0.39, 0.29) is 6.10 Å². The maximum absolute atomic E-state index is 6.20. The number of aryl methyl sites for hydroxylation is 1. The molecule has 1 aromatic carbocycles. The smallest absolute Gasteiger partial charge is 0.173 e. The van der Waals surface area contributed by atoms with Crippen LogP contribution in [0, 0.1) is 6.92 Å². The van der Waals surface area contributed by atoms with Crippen molar-refractivity contribution < 1.29 is 9.15 Å². The Morgan fingerprint density at radius 1 is 1.42 bits per heavy atom. The Kier molecular flexibility index (Phi) is 5.76. The van der Waals surface area contributed by atoms with Crippen LogP contribution in [0.5, 0.6) is 0 Å². The fourth-order valence-corrected chi connectivity index (χ4v) is 3.15. The highest BCUT2D eigenvalue weighted by Gasteiger charge is 2.22. The first-order valence-corrected chi connectivity index (χ1v) is 8.86. The van der Waals surface area contributed by atoms with E-state index in [4.69, 9.17) is 33.0 Å². The van der Waals surface area contributed by atoms with Gasteiger partial charge in [0.05, 0.1) is 18.9 Å². The largest absolute Gasteiger partial charge is 0.467 e. The van der Waals surface area contributed by atoms with Crippen LogP contribution < -0.4 is 5.32 Å². The minimum Gasteiger partial charge on any atom is -0.467 e. The molecule has 4 nitrogen and oxygen atoms in total. The Balaban J connectivity index is 1.70. The Bertz CT molecular complexity index is 684. The molecule has 2 aromatic rings. The fraction of sp³-hybridized carbons (Fsp3) is 0.389. The topological polar surface area (TPSA) is 37.6 Å². The summed E-state index contributed by atoms with van der Waals surface area (Å²) in [5, 5.41) is 4.63. The Labute approximate surface area is 152 Å². The zero-order valence-corrected chi connectivity index (χ0v) is 15.2. The van der Waals surface area contributed by atoms with Gasteiger partial charge in [-0.1, -0.05) is 17.7 Å². The van der Waals surface area contributed by atoms with E-state index in [9.17, 15) is 0 Å². The number of hydrogen-bond acceptors (Lipinski definition) is 3. The van der Waals surface area contributed by atoms with E-state index < -0.39 is 0 Å². The average molecular weight is 365 g/mol. The maximum Gasteiger partial charge on any atom is 0.173 e. The van der Waals surface area contributed by atoms with Crippen LogP contribution in [0.2, 0.25) is 5.02 Å². The number of nitrogens with zero attached hydrogens (tertiary/aromatic N) is 1. The Morgan fingerprint density at radius 2 is 2.29 bits per heavy atom. The predicted octanol–water partition coefficient (Wildman–Crippen LogP) is 4.62. The summed E-state index contributed by atoms with van der Waals surface area (Å²) in [5.41, 5.74) is 1.92. The van der Waals surface area contributed by atoms with Crippen LogP contribution >= 0.6 is 23.8 Å². The molecule has 1 aliphatic heterocycles. The van der Waals surface area contributed by atoms with Crippen LogP contribution in [0.25, 0.3) is 0 Å². The fourth-order valence-electron chi connectivity index (χ4n) is 2.72. The first-order chi connectivity index (χ1) is 11.6. The van der Waals surface area contributed by atoms with Crippen LogP contribution in [-0.4, -0.2) is 29.3 Å². The molecule has 0 aliphatic carbocycles. The van der Waals surface area contributed by atoms with Crippen molar-refractivity contribution in [1.29, 1.82) is 0 Å². The van der Waals surface area contributed by atoms with Crippen molar-refractivity contribution in [2.75, 3.05) is 18.5 Å². The number of benzene rings is 1. The normalized spacial score (nSPS) is 17.0. The van der Waals surface area contributed by atoms with Gasteiger partial charge < -0.3 is 19.4 Å². The first-order valence-electron chi connectivity index (χ1n) is 8.08. The summed E-state index contributed by atoms with van der Waals surface area (Å²) >= 11 is 11.8. The molecule has 24 heavy (non-hydrogen) atoms. The van der Waals surface area contributed by atoms with E-state index in [1.807, 2.05) is 37.3 Å². The minimum absolute atomic E-state index is 0.210. The molecule has 1 aliphatic rings. The highest BCUT2D eigenvalue weighted by atomic mass is 35.5. The van der Waals surface area contributed by atoms with Crippen LogP contribution in [0.1, 0.15) is 24.2 Å². The number of anilines is 1. The second kappa shape index (κ2) is 8.01. The second-order valence-electron chi connectivity index (χ2n) is 5.99. The Morgan fingerprint density at radius 3 is 2.96 bits per heavy atom. The second-order valence-corrected chi connectivity index (χ2v) is 6.78. The molecule has 0 amide bonds. The van der Waals surface area contributed by atoms with Crippen molar-refractivity contribution in [3.8, 4) is 0 Å². The summed E-state index contributed by atoms with van der Waals surface area (Å²) in [6.07, 6.45) is 4.05. The van der Waals surface area contributed by atoms with Gasteiger partial charge in [0.25, 0.3) is 0 Å². The lowest BCUT2D eigenvalue weighted by Gasteiger charge is -2.27. The van der Waals surface area contributed by atoms with E-state index in [2.05, 4.69) is 10.2 Å². The van der Waals surface area contributed by atoms with E-state index in [1.165, 1.54) is 0 Å². The van der Waals surface area contributed by atoms with Crippen molar-refractivity contribution in [2.45, 2.75) is 32.4 Å². The van der Waals surface area contributed by atoms with Crippen molar-refractivity contribution in [3.63, 3.8) is 0 Å². The van der Waals surface area contributed by atoms with Crippen molar-refractivity contribution >= 4 is 34.6 Å². The molecule has 128 valence electrons. The lowest BCUT2D eigenvalue weighted by Crippen LogP contribution is -2.39. The number of thiocarbonyl (C=S) groups is 1. The maximum atomic E-state index is 6.20. The van der Waals surface area contributed by atoms with E-state index in [1.54, 1.807) is 6.26 Å². The van der Waals surface area contributed by atoms with E-state index >= 15 is 0 Å². The highest BCUT2D eigenvalue weighted by molar-refractivity contribution is 7.80. The molecular weight excluding hydrogens is 344 g/mol. The van der Waals surface area contributed by atoms with Gasteiger partial charge in [0, 0.05) is 23.9 Å². The molecule has 0 saturated carbocycles. The third-order valence-electron chi connectivity index (χ3n) is 4.09. The molecule has 1 atom stereocenters. The minimum atomic E-state index is 0.210. The van der Waals surface area contributed by atoms with Gasteiger partial charge in [-0.2, -0.15) is 0 Å².